The average molecular weight is 402 g/mol. The van der Waals surface area contributed by atoms with Crippen LogP contribution in [0.2, 0.25) is 0 Å². The van der Waals surface area contributed by atoms with Gasteiger partial charge in [-0.05, 0) is 31.2 Å². The van der Waals surface area contributed by atoms with Crippen molar-refractivity contribution in [2.75, 3.05) is 5.43 Å². The van der Waals surface area contributed by atoms with E-state index in [1.54, 1.807) is 25.6 Å². The van der Waals surface area contributed by atoms with E-state index in [1.165, 1.54) is 6.08 Å². The number of amides is 2. The summed E-state index contributed by atoms with van der Waals surface area (Å²) < 4.78 is 0. The van der Waals surface area contributed by atoms with Gasteiger partial charge in [0.05, 0.1) is 10.6 Å². The maximum Gasteiger partial charge on any atom is 0.346 e. The molecule has 2 aromatic heterocycles. The number of anilines is 1. The fourth-order valence-corrected chi connectivity index (χ4v) is 4.82. The zero-order chi connectivity index (χ0) is 19.3. The minimum atomic E-state index is -1.05. The van der Waals surface area contributed by atoms with Crippen LogP contribution < -0.4 is 5.43 Å². The van der Waals surface area contributed by atoms with Gasteiger partial charge in [-0.3, -0.25) is 15.0 Å². The molecule has 4 rings (SSSR count). The molecule has 10 heteroatoms. The van der Waals surface area contributed by atoms with Crippen LogP contribution in [0.4, 0.5) is 5.82 Å². The number of aromatic carboxylic acids is 1. The second-order valence-electron chi connectivity index (χ2n) is 6.12. The number of nitrogens with zero attached hydrogens (tertiary/aromatic N) is 3. The Bertz CT molecular complexity index is 1060. The number of aryl methyl sites for hydroxylation is 1. The third kappa shape index (κ3) is 2.90. The maximum absolute atomic E-state index is 12.2. The number of hydrazine groups is 1. The third-order valence-electron chi connectivity index (χ3n) is 4.30. The number of carbonyl (C=O) groups excluding carboxylic acids is 2. The molecule has 1 atom stereocenters. The number of imide groups is 1. The Kier molecular flexibility index (Phi) is 4.23. The first kappa shape index (κ1) is 17.7. The van der Waals surface area contributed by atoms with Crippen molar-refractivity contribution in [3.63, 3.8) is 0 Å². The van der Waals surface area contributed by atoms with Gasteiger partial charge in [0.25, 0.3) is 11.8 Å². The van der Waals surface area contributed by atoms with E-state index in [9.17, 15) is 19.5 Å². The Morgan fingerprint density at radius 3 is 2.70 bits per heavy atom. The number of carboxylic acids is 1. The van der Waals surface area contributed by atoms with Crippen LogP contribution in [0.1, 0.15) is 39.7 Å². The molecule has 0 saturated carbocycles. The van der Waals surface area contributed by atoms with Crippen molar-refractivity contribution in [2.45, 2.75) is 25.5 Å². The van der Waals surface area contributed by atoms with Gasteiger partial charge in [0.2, 0.25) is 0 Å². The van der Waals surface area contributed by atoms with Crippen LogP contribution in [0.3, 0.4) is 0 Å². The number of thiophene rings is 1. The highest BCUT2D eigenvalue weighted by Crippen LogP contribution is 2.40. The summed E-state index contributed by atoms with van der Waals surface area (Å²) in [6, 6.07) is 0. The van der Waals surface area contributed by atoms with Gasteiger partial charge >= 0.3 is 5.97 Å². The van der Waals surface area contributed by atoms with E-state index < -0.39 is 17.8 Å². The van der Waals surface area contributed by atoms with Gasteiger partial charge in [0.1, 0.15) is 15.5 Å². The fourth-order valence-electron chi connectivity index (χ4n) is 2.94. The summed E-state index contributed by atoms with van der Waals surface area (Å²) in [6.07, 6.45) is 4.02. The minimum absolute atomic E-state index is 0.00970. The normalized spacial score (nSPS) is 19.3. The highest BCUT2D eigenvalue weighted by molar-refractivity contribution is 8.02. The molecule has 138 valence electrons. The lowest BCUT2D eigenvalue weighted by Crippen LogP contribution is -2.36. The third-order valence-corrected chi connectivity index (χ3v) is 6.55. The lowest BCUT2D eigenvalue weighted by atomic mass is 10.2. The molecule has 8 nitrogen and oxygen atoms in total. The van der Waals surface area contributed by atoms with Crippen LogP contribution in [0.25, 0.3) is 10.2 Å². The van der Waals surface area contributed by atoms with E-state index in [4.69, 9.17) is 0 Å². The molecule has 2 aromatic rings. The summed E-state index contributed by atoms with van der Waals surface area (Å²) in [5.41, 5.74) is 3.60. The summed E-state index contributed by atoms with van der Waals surface area (Å²) in [5.74, 6) is -1.22. The zero-order valence-corrected chi connectivity index (χ0v) is 16.0. The monoisotopic (exact) mass is 402 g/mol. The number of allylic oxidation sites excluding steroid dienone is 1. The molecular formula is C17H14N4O4S2. The number of rotatable bonds is 4. The minimum Gasteiger partial charge on any atom is -0.477 e. The van der Waals surface area contributed by atoms with Gasteiger partial charge in [-0.2, -0.15) is 5.01 Å². The molecule has 0 fully saturated rings. The molecule has 0 spiro atoms. The van der Waals surface area contributed by atoms with Crippen LogP contribution >= 0.6 is 23.1 Å². The molecule has 1 unspecified atom stereocenters. The number of nitrogens with one attached hydrogen (secondary N) is 1. The lowest BCUT2D eigenvalue weighted by molar-refractivity contribution is -0.135. The van der Waals surface area contributed by atoms with Crippen LogP contribution in [-0.4, -0.2) is 37.9 Å². The van der Waals surface area contributed by atoms with Crippen LogP contribution in [0, 0.1) is 6.92 Å². The Labute approximate surface area is 161 Å². The first-order valence-electron chi connectivity index (χ1n) is 8.05. The van der Waals surface area contributed by atoms with E-state index >= 15 is 0 Å². The largest absolute Gasteiger partial charge is 0.477 e. The lowest BCUT2D eigenvalue weighted by Gasteiger charge is -2.18. The molecule has 0 aromatic carbocycles. The van der Waals surface area contributed by atoms with Gasteiger partial charge in [0, 0.05) is 11.6 Å². The van der Waals surface area contributed by atoms with E-state index in [0.717, 1.165) is 22.8 Å². The topological polar surface area (TPSA) is 112 Å². The van der Waals surface area contributed by atoms with Gasteiger partial charge < -0.3 is 5.11 Å². The summed E-state index contributed by atoms with van der Waals surface area (Å²) in [4.78, 5) is 45.6. The summed E-state index contributed by atoms with van der Waals surface area (Å²) >= 11 is 2.63. The van der Waals surface area contributed by atoms with Crippen molar-refractivity contribution in [3.05, 3.63) is 39.4 Å². The Morgan fingerprint density at radius 1 is 1.33 bits per heavy atom. The molecule has 0 saturated heterocycles. The van der Waals surface area contributed by atoms with Crippen LogP contribution in [-0.2, 0) is 9.59 Å². The molecular weight excluding hydrogens is 388 g/mol. The number of carbonyl (C=O) groups is 3. The van der Waals surface area contributed by atoms with Crippen molar-refractivity contribution >= 4 is 56.9 Å². The average Bonchev–Trinajstić information content (AvgIpc) is 3.31. The van der Waals surface area contributed by atoms with E-state index in [-0.39, 0.29) is 15.9 Å². The van der Waals surface area contributed by atoms with Gasteiger partial charge in [0.15, 0.2) is 5.82 Å². The fraction of sp³-hybridized carbons (Fsp3) is 0.235. The van der Waals surface area contributed by atoms with E-state index in [0.29, 0.717) is 27.2 Å². The van der Waals surface area contributed by atoms with Gasteiger partial charge in [-0.15, -0.1) is 23.1 Å². The van der Waals surface area contributed by atoms with Crippen molar-refractivity contribution in [3.8, 4) is 0 Å². The van der Waals surface area contributed by atoms with Crippen LogP contribution in [0.15, 0.2) is 23.1 Å². The molecule has 0 aliphatic carbocycles. The predicted molar refractivity (Wildman–Crippen MR) is 102 cm³/mol. The molecule has 2 amide bonds. The van der Waals surface area contributed by atoms with E-state index in [2.05, 4.69) is 15.4 Å². The predicted octanol–water partition coefficient (Wildman–Crippen LogP) is 3.03. The van der Waals surface area contributed by atoms with E-state index in [1.807, 2.05) is 11.5 Å². The van der Waals surface area contributed by atoms with Crippen LogP contribution in [0.5, 0.6) is 0 Å². The number of hydrogen-bond donors (Lipinski definition) is 2. The van der Waals surface area contributed by atoms with Crippen molar-refractivity contribution in [2.24, 2.45) is 0 Å². The number of aromatic nitrogens is 2. The molecule has 4 heterocycles. The maximum atomic E-state index is 12.2. The smallest absolute Gasteiger partial charge is 0.346 e. The summed E-state index contributed by atoms with van der Waals surface area (Å²) in [6.45, 7) is 3.22. The Morgan fingerprint density at radius 2 is 2.11 bits per heavy atom. The molecule has 0 bridgehead atoms. The quantitative estimate of drug-likeness (QED) is 0.751. The standard InChI is InChI=1S/C17H14N4O4S2/c1-7-6-10(22)21(16(7)23)20-14-11-8(2)12(17(24)25)27-15(11)19-13(18-14)9-4-3-5-26-9/h3,5-6,9H,4H2,1-2H3,(H,24,25)(H,18,19,20). The molecule has 0 radical (unpaired) electrons. The number of hydrogen-bond acceptors (Lipinski definition) is 8. The summed E-state index contributed by atoms with van der Waals surface area (Å²) in [7, 11) is 0. The van der Waals surface area contributed by atoms with Gasteiger partial charge in [-0.1, -0.05) is 6.08 Å². The highest BCUT2D eigenvalue weighted by atomic mass is 32.2. The molecule has 27 heavy (non-hydrogen) atoms. The van der Waals surface area contributed by atoms with Crippen molar-refractivity contribution in [1.29, 1.82) is 0 Å². The molecule has 2 aliphatic rings. The number of fused-ring (bicyclic) bond motifs is 1. The number of thioether (sulfide) groups is 1. The second kappa shape index (κ2) is 6.46. The Balaban J connectivity index is 1.84. The Hall–Kier alpha value is -2.72. The summed E-state index contributed by atoms with van der Waals surface area (Å²) in [5, 5.41) is 12.8. The first-order valence-corrected chi connectivity index (χ1v) is 9.81. The van der Waals surface area contributed by atoms with Crippen molar-refractivity contribution in [1.82, 2.24) is 15.0 Å². The van der Waals surface area contributed by atoms with Crippen molar-refractivity contribution < 1.29 is 19.5 Å². The highest BCUT2D eigenvalue weighted by Gasteiger charge is 2.31. The molecule has 2 N–H and O–H groups in total. The van der Waals surface area contributed by atoms with Gasteiger partial charge in [-0.25, -0.2) is 14.8 Å². The second-order valence-corrected chi connectivity index (χ2v) is 8.23. The SMILES string of the molecule is CC1=CC(=O)N(Nc2nc(C3CC=CS3)nc3sc(C(=O)O)c(C)c23)C1=O. The zero-order valence-electron chi connectivity index (χ0n) is 14.3. The number of carboxylic acid groups (broad SMARTS) is 1. The first-order chi connectivity index (χ1) is 12.9. The molecule has 2 aliphatic heterocycles.